The van der Waals surface area contributed by atoms with Crippen LogP contribution in [0.1, 0.15) is 24.1 Å². The van der Waals surface area contributed by atoms with Crippen LogP contribution in [-0.2, 0) is 24.8 Å². The number of ether oxygens (including phenoxy) is 1. The van der Waals surface area contributed by atoms with E-state index in [4.69, 9.17) is 9.72 Å². The molecular weight excluding hydrogens is 328 g/mol. The van der Waals surface area contributed by atoms with Crippen LogP contribution in [0.5, 0.6) is 0 Å². The molecule has 0 saturated carbocycles. The zero-order valence-electron chi connectivity index (χ0n) is 15.9. The van der Waals surface area contributed by atoms with Gasteiger partial charge in [0.15, 0.2) is 0 Å². The summed E-state index contributed by atoms with van der Waals surface area (Å²) >= 11 is 0. The SMILES string of the molecule is CCc1cnc(C)nc1N1C[C@H]2COC[C@@H]1CN(Cc1nccn1C)C2. The number of hydrogen-bond donors (Lipinski definition) is 0. The van der Waals surface area contributed by atoms with E-state index in [1.165, 1.54) is 5.56 Å². The molecule has 2 aromatic heterocycles. The molecule has 2 aliphatic rings. The summed E-state index contributed by atoms with van der Waals surface area (Å²) in [6, 6.07) is 0.308. The van der Waals surface area contributed by atoms with Crippen molar-refractivity contribution in [3.8, 4) is 0 Å². The Kier molecular flexibility index (Phi) is 4.91. The minimum Gasteiger partial charge on any atom is -0.379 e. The maximum atomic E-state index is 5.99. The first kappa shape index (κ1) is 17.4. The van der Waals surface area contributed by atoms with Crippen molar-refractivity contribution in [1.82, 2.24) is 24.4 Å². The van der Waals surface area contributed by atoms with Gasteiger partial charge in [0, 0.05) is 56.8 Å². The second-order valence-corrected chi connectivity index (χ2v) is 7.48. The number of anilines is 1. The van der Waals surface area contributed by atoms with Gasteiger partial charge in [0.25, 0.3) is 0 Å². The fraction of sp³-hybridized carbons (Fsp3) is 0.632. The van der Waals surface area contributed by atoms with Gasteiger partial charge < -0.3 is 14.2 Å². The van der Waals surface area contributed by atoms with Crippen molar-refractivity contribution in [3.63, 3.8) is 0 Å². The molecule has 2 aliphatic heterocycles. The lowest BCUT2D eigenvalue weighted by Gasteiger charge is -2.32. The summed E-state index contributed by atoms with van der Waals surface area (Å²) in [5, 5.41) is 0. The summed E-state index contributed by atoms with van der Waals surface area (Å²) in [4.78, 5) is 18.7. The molecule has 0 amide bonds. The summed E-state index contributed by atoms with van der Waals surface area (Å²) in [5.74, 6) is 3.52. The Morgan fingerprint density at radius 3 is 2.85 bits per heavy atom. The molecule has 7 nitrogen and oxygen atoms in total. The first-order valence-electron chi connectivity index (χ1n) is 9.49. The standard InChI is InChI=1S/C19H28N6O/c1-4-16-7-21-14(2)22-19(16)25-9-15-8-24(10-17(25)13-26-12-15)11-18-20-5-6-23(18)3/h5-7,15,17H,4,8-13H2,1-3H3/t15-,17-/m0/s1. The number of aromatic nitrogens is 4. The molecule has 7 heteroatoms. The van der Waals surface area contributed by atoms with E-state index >= 15 is 0 Å². The quantitative estimate of drug-likeness (QED) is 0.826. The summed E-state index contributed by atoms with van der Waals surface area (Å²) < 4.78 is 8.10. The van der Waals surface area contributed by atoms with Gasteiger partial charge in [0.1, 0.15) is 17.5 Å². The van der Waals surface area contributed by atoms with E-state index in [2.05, 4.69) is 38.3 Å². The highest BCUT2D eigenvalue weighted by Gasteiger charge is 2.35. The van der Waals surface area contributed by atoms with Crippen molar-refractivity contribution in [2.24, 2.45) is 13.0 Å². The number of aryl methyl sites for hydroxylation is 3. The molecule has 2 bridgehead atoms. The fourth-order valence-corrected chi connectivity index (χ4v) is 4.06. The molecule has 0 radical (unpaired) electrons. The Hall–Kier alpha value is -1.99. The highest BCUT2D eigenvalue weighted by molar-refractivity contribution is 5.48. The normalized spacial score (nSPS) is 23.9. The second-order valence-electron chi connectivity index (χ2n) is 7.48. The van der Waals surface area contributed by atoms with Gasteiger partial charge in [-0.2, -0.15) is 0 Å². The molecule has 2 fully saturated rings. The van der Waals surface area contributed by atoms with Gasteiger partial charge in [-0.1, -0.05) is 6.92 Å². The highest BCUT2D eigenvalue weighted by Crippen LogP contribution is 2.28. The van der Waals surface area contributed by atoms with E-state index in [0.717, 1.165) is 63.3 Å². The third-order valence-corrected chi connectivity index (χ3v) is 5.45. The number of imidazole rings is 1. The van der Waals surface area contributed by atoms with Gasteiger partial charge >= 0.3 is 0 Å². The Bertz CT molecular complexity index is 760. The number of nitrogens with zero attached hydrogens (tertiary/aromatic N) is 6. The second kappa shape index (κ2) is 7.32. The average Bonchev–Trinajstić information content (AvgIpc) is 2.81. The van der Waals surface area contributed by atoms with E-state index in [9.17, 15) is 0 Å². The van der Waals surface area contributed by atoms with Gasteiger partial charge in [-0.3, -0.25) is 4.90 Å². The van der Waals surface area contributed by atoms with Crippen LogP contribution < -0.4 is 4.90 Å². The topological polar surface area (TPSA) is 59.3 Å². The van der Waals surface area contributed by atoms with E-state index in [1.54, 1.807) is 0 Å². The first-order valence-corrected chi connectivity index (χ1v) is 9.49. The summed E-state index contributed by atoms with van der Waals surface area (Å²) in [6.07, 6.45) is 6.82. The smallest absolute Gasteiger partial charge is 0.135 e. The Morgan fingerprint density at radius 1 is 1.19 bits per heavy atom. The first-order chi connectivity index (χ1) is 12.6. The van der Waals surface area contributed by atoms with Gasteiger partial charge in [0.2, 0.25) is 0 Å². The molecule has 0 aromatic carbocycles. The van der Waals surface area contributed by atoms with Crippen molar-refractivity contribution in [1.29, 1.82) is 0 Å². The lowest BCUT2D eigenvalue weighted by atomic mass is 10.1. The average molecular weight is 356 g/mol. The molecule has 0 spiro atoms. The third kappa shape index (κ3) is 3.46. The Balaban J connectivity index is 1.61. The van der Waals surface area contributed by atoms with Crippen LogP contribution in [0.3, 0.4) is 0 Å². The molecule has 2 saturated heterocycles. The maximum absolute atomic E-state index is 5.99. The van der Waals surface area contributed by atoms with E-state index in [1.807, 2.05) is 25.5 Å². The molecule has 2 atom stereocenters. The van der Waals surface area contributed by atoms with Crippen molar-refractivity contribution in [2.75, 3.05) is 37.7 Å². The molecule has 0 N–H and O–H groups in total. The lowest BCUT2D eigenvalue weighted by molar-refractivity contribution is 0.0616. The number of rotatable bonds is 4. The zero-order valence-corrected chi connectivity index (χ0v) is 15.9. The van der Waals surface area contributed by atoms with Gasteiger partial charge in [-0.05, 0) is 13.3 Å². The summed E-state index contributed by atoms with van der Waals surface area (Å²) in [5.41, 5.74) is 1.22. The third-order valence-electron chi connectivity index (χ3n) is 5.45. The van der Waals surface area contributed by atoms with Crippen molar-refractivity contribution in [2.45, 2.75) is 32.9 Å². The van der Waals surface area contributed by atoms with E-state index < -0.39 is 0 Å². The Labute approximate surface area is 155 Å². The minimum atomic E-state index is 0.308. The van der Waals surface area contributed by atoms with Gasteiger partial charge in [-0.15, -0.1) is 0 Å². The molecule has 26 heavy (non-hydrogen) atoms. The lowest BCUT2D eigenvalue weighted by Crippen LogP contribution is -2.44. The predicted molar refractivity (Wildman–Crippen MR) is 100 cm³/mol. The molecule has 140 valence electrons. The van der Waals surface area contributed by atoms with Crippen LogP contribution in [-0.4, -0.2) is 63.3 Å². The van der Waals surface area contributed by atoms with Crippen molar-refractivity contribution < 1.29 is 4.74 Å². The minimum absolute atomic E-state index is 0.308. The van der Waals surface area contributed by atoms with Crippen LogP contribution in [0.15, 0.2) is 18.6 Å². The van der Waals surface area contributed by atoms with Crippen molar-refractivity contribution in [3.05, 3.63) is 35.8 Å². The van der Waals surface area contributed by atoms with Crippen LogP contribution in [0.2, 0.25) is 0 Å². The summed E-state index contributed by atoms with van der Waals surface area (Å²) in [7, 11) is 2.06. The molecular formula is C19H28N6O. The van der Waals surface area contributed by atoms with E-state index in [0.29, 0.717) is 12.0 Å². The monoisotopic (exact) mass is 356 g/mol. The fourth-order valence-electron chi connectivity index (χ4n) is 4.06. The van der Waals surface area contributed by atoms with Crippen LogP contribution in [0.25, 0.3) is 0 Å². The number of fused-ring (bicyclic) bond motifs is 3. The summed E-state index contributed by atoms with van der Waals surface area (Å²) in [6.45, 7) is 9.58. The van der Waals surface area contributed by atoms with Crippen LogP contribution in [0, 0.1) is 12.8 Å². The molecule has 4 rings (SSSR count). The molecule has 0 unspecified atom stereocenters. The van der Waals surface area contributed by atoms with Crippen LogP contribution in [0.4, 0.5) is 5.82 Å². The Morgan fingerprint density at radius 2 is 2.08 bits per heavy atom. The van der Waals surface area contributed by atoms with Gasteiger partial charge in [-0.25, -0.2) is 15.0 Å². The highest BCUT2D eigenvalue weighted by atomic mass is 16.5. The number of hydrogen-bond acceptors (Lipinski definition) is 6. The van der Waals surface area contributed by atoms with E-state index in [-0.39, 0.29) is 0 Å². The molecule has 0 aliphatic carbocycles. The van der Waals surface area contributed by atoms with Crippen molar-refractivity contribution >= 4 is 5.82 Å². The largest absolute Gasteiger partial charge is 0.379 e. The zero-order chi connectivity index (χ0) is 18.1. The van der Waals surface area contributed by atoms with Crippen LogP contribution >= 0.6 is 0 Å². The predicted octanol–water partition coefficient (Wildman–Crippen LogP) is 1.42. The van der Waals surface area contributed by atoms with Gasteiger partial charge in [0.05, 0.1) is 25.8 Å². The molecule has 2 aromatic rings. The maximum Gasteiger partial charge on any atom is 0.135 e. The molecule has 4 heterocycles.